The number of nitrogens with one attached hydrogen (secondary N) is 1. The van der Waals surface area contributed by atoms with Gasteiger partial charge in [0.1, 0.15) is 0 Å². The van der Waals surface area contributed by atoms with Crippen LogP contribution in [0.3, 0.4) is 0 Å². The molecule has 1 aromatic rings. The standard InChI is InChI=1S/C16H23N3O/c1-2-18-7-9-19(10-8-18)16(20)14-11-13-5-3-4-6-15(13)17-12-14/h3-6,14,17H,2,7-12H2,1H3. The van der Waals surface area contributed by atoms with Crippen molar-refractivity contribution in [3.8, 4) is 0 Å². The first-order valence-electron chi connectivity index (χ1n) is 7.61. The molecule has 0 radical (unpaired) electrons. The summed E-state index contributed by atoms with van der Waals surface area (Å²) in [6.07, 6.45) is 0.871. The first kappa shape index (κ1) is 13.4. The number of carbonyl (C=O) groups excluding carboxylic acids is 1. The Morgan fingerprint density at radius 2 is 2.00 bits per heavy atom. The van der Waals surface area contributed by atoms with E-state index < -0.39 is 0 Å². The number of nitrogens with zero attached hydrogens (tertiary/aromatic N) is 2. The Labute approximate surface area is 120 Å². The molecule has 0 saturated carbocycles. The van der Waals surface area contributed by atoms with E-state index in [1.54, 1.807) is 0 Å². The molecule has 0 aromatic heterocycles. The highest BCUT2D eigenvalue weighted by Gasteiger charge is 2.29. The molecule has 4 nitrogen and oxygen atoms in total. The van der Waals surface area contributed by atoms with Gasteiger partial charge in [0.2, 0.25) is 5.91 Å². The molecule has 2 aliphatic heterocycles. The Bertz CT molecular complexity index is 480. The molecule has 2 aliphatic rings. The number of hydrogen-bond donors (Lipinski definition) is 1. The fourth-order valence-electron chi connectivity index (χ4n) is 3.16. The number of para-hydroxylation sites is 1. The third-order valence-electron chi connectivity index (χ3n) is 4.50. The van der Waals surface area contributed by atoms with Gasteiger partial charge in [-0.25, -0.2) is 0 Å². The lowest BCUT2D eigenvalue weighted by molar-refractivity contribution is -0.136. The third kappa shape index (κ3) is 2.66. The molecule has 1 amide bonds. The van der Waals surface area contributed by atoms with E-state index in [1.165, 1.54) is 11.3 Å². The maximum Gasteiger partial charge on any atom is 0.227 e. The van der Waals surface area contributed by atoms with E-state index in [1.807, 2.05) is 17.0 Å². The van der Waals surface area contributed by atoms with Crippen LogP contribution in [0.25, 0.3) is 0 Å². The van der Waals surface area contributed by atoms with Crippen molar-refractivity contribution in [1.82, 2.24) is 9.80 Å². The first-order chi connectivity index (χ1) is 9.78. The molecule has 1 atom stereocenters. The molecule has 0 bridgehead atoms. The van der Waals surface area contributed by atoms with Gasteiger partial charge >= 0.3 is 0 Å². The highest BCUT2D eigenvalue weighted by molar-refractivity contribution is 5.81. The van der Waals surface area contributed by atoms with Crippen LogP contribution in [0.4, 0.5) is 5.69 Å². The number of hydrogen-bond acceptors (Lipinski definition) is 3. The Kier molecular flexibility index (Phi) is 3.92. The summed E-state index contributed by atoms with van der Waals surface area (Å²) in [6.45, 7) is 7.82. The summed E-state index contributed by atoms with van der Waals surface area (Å²) in [5.41, 5.74) is 2.46. The van der Waals surface area contributed by atoms with Crippen molar-refractivity contribution in [2.75, 3.05) is 44.6 Å². The normalized spacial score (nSPS) is 23.1. The van der Waals surface area contributed by atoms with Gasteiger partial charge in [0.05, 0.1) is 5.92 Å². The predicted octanol–water partition coefficient (Wildman–Crippen LogP) is 1.43. The monoisotopic (exact) mass is 273 g/mol. The molecular formula is C16H23N3O. The maximum atomic E-state index is 12.6. The smallest absolute Gasteiger partial charge is 0.227 e. The van der Waals surface area contributed by atoms with E-state index in [2.05, 4.69) is 29.3 Å². The summed E-state index contributed by atoms with van der Waals surface area (Å²) in [4.78, 5) is 17.1. The van der Waals surface area contributed by atoms with Crippen molar-refractivity contribution >= 4 is 11.6 Å². The van der Waals surface area contributed by atoms with Crippen molar-refractivity contribution in [1.29, 1.82) is 0 Å². The molecule has 20 heavy (non-hydrogen) atoms. The molecule has 1 saturated heterocycles. The van der Waals surface area contributed by atoms with Crippen LogP contribution in [0, 0.1) is 5.92 Å². The number of benzene rings is 1. The van der Waals surface area contributed by atoms with Gasteiger partial charge in [-0.15, -0.1) is 0 Å². The zero-order valence-corrected chi connectivity index (χ0v) is 12.1. The lowest BCUT2D eigenvalue weighted by Gasteiger charge is -2.37. The Morgan fingerprint density at radius 3 is 2.75 bits per heavy atom. The van der Waals surface area contributed by atoms with Gasteiger partial charge in [-0.05, 0) is 24.6 Å². The number of rotatable bonds is 2. The summed E-state index contributed by atoms with van der Waals surface area (Å²) in [7, 11) is 0. The number of fused-ring (bicyclic) bond motifs is 1. The number of piperazine rings is 1. The molecular weight excluding hydrogens is 250 g/mol. The van der Waals surface area contributed by atoms with Gasteiger partial charge in [-0.3, -0.25) is 4.79 Å². The second-order valence-electron chi connectivity index (χ2n) is 5.70. The molecule has 1 fully saturated rings. The fraction of sp³-hybridized carbons (Fsp3) is 0.562. The summed E-state index contributed by atoms with van der Waals surface area (Å²) < 4.78 is 0. The van der Waals surface area contributed by atoms with Crippen LogP contribution in [-0.2, 0) is 11.2 Å². The van der Waals surface area contributed by atoms with Crippen molar-refractivity contribution in [3.05, 3.63) is 29.8 Å². The quantitative estimate of drug-likeness (QED) is 0.885. The summed E-state index contributed by atoms with van der Waals surface area (Å²) >= 11 is 0. The van der Waals surface area contributed by atoms with Crippen LogP contribution in [0.2, 0.25) is 0 Å². The second kappa shape index (κ2) is 5.83. The van der Waals surface area contributed by atoms with Gasteiger partial charge < -0.3 is 15.1 Å². The average molecular weight is 273 g/mol. The molecule has 1 aromatic carbocycles. The minimum atomic E-state index is 0.0954. The molecule has 4 heteroatoms. The SMILES string of the molecule is CCN1CCN(C(=O)C2CNc3ccccc3C2)CC1. The zero-order chi connectivity index (χ0) is 13.9. The van der Waals surface area contributed by atoms with Crippen LogP contribution < -0.4 is 5.32 Å². The van der Waals surface area contributed by atoms with Crippen LogP contribution in [0.5, 0.6) is 0 Å². The van der Waals surface area contributed by atoms with Gasteiger partial charge in [0, 0.05) is 38.4 Å². The first-order valence-corrected chi connectivity index (χ1v) is 7.61. The summed E-state index contributed by atoms with van der Waals surface area (Å²) in [5.74, 6) is 0.417. The second-order valence-corrected chi connectivity index (χ2v) is 5.70. The van der Waals surface area contributed by atoms with E-state index in [9.17, 15) is 4.79 Å². The van der Waals surface area contributed by atoms with Crippen molar-refractivity contribution in [2.45, 2.75) is 13.3 Å². The zero-order valence-electron chi connectivity index (χ0n) is 12.1. The molecule has 1 unspecified atom stereocenters. The number of amides is 1. The van der Waals surface area contributed by atoms with Crippen molar-refractivity contribution in [2.24, 2.45) is 5.92 Å². The Balaban J connectivity index is 1.62. The molecule has 2 heterocycles. The number of likely N-dealkylation sites (N-methyl/N-ethyl adjacent to an activating group) is 1. The summed E-state index contributed by atoms with van der Waals surface area (Å²) in [5, 5.41) is 3.39. The van der Waals surface area contributed by atoms with Crippen molar-refractivity contribution in [3.63, 3.8) is 0 Å². The van der Waals surface area contributed by atoms with E-state index >= 15 is 0 Å². The van der Waals surface area contributed by atoms with Crippen molar-refractivity contribution < 1.29 is 4.79 Å². The number of anilines is 1. The predicted molar refractivity (Wildman–Crippen MR) is 80.8 cm³/mol. The minimum absolute atomic E-state index is 0.0954. The molecule has 0 aliphatic carbocycles. The van der Waals surface area contributed by atoms with Crippen LogP contribution in [0.1, 0.15) is 12.5 Å². The Hall–Kier alpha value is -1.55. The minimum Gasteiger partial charge on any atom is -0.384 e. The lowest BCUT2D eigenvalue weighted by Crippen LogP contribution is -2.51. The van der Waals surface area contributed by atoms with E-state index in [4.69, 9.17) is 0 Å². The van der Waals surface area contributed by atoms with Gasteiger partial charge in [-0.1, -0.05) is 25.1 Å². The lowest BCUT2D eigenvalue weighted by atomic mass is 9.92. The summed E-state index contributed by atoms with van der Waals surface area (Å²) in [6, 6.07) is 8.30. The highest BCUT2D eigenvalue weighted by Crippen LogP contribution is 2.25. The molecule has 0 spiro atoms. The van der Waals surface area contributed by atoms with Gasteiger partial charge in [0.15, 0.2) is 0 Å². The Morgan fingerprint density at radius 1 is 1.25 bits per heavy atom. The number of carbonyl (C=O) groups is 1. The fourth-order valence-corrected chi connectivity index (χ4v) is 3.16. The largest absolute Gasteiger partial charge is 0.384 e. The third-order valence-corrected chi connectivity index (χ3v) is 4.50. The highest BCUT2D eigenvalue weighted by atomic mass is 16.2. The molecule has 1 N–H and O–H groups in total. The van der Waals surface area contributed by atoms with E-state index in [0.717, 1.165) is 45.7 Å². The van der Waals surface area contributed by atoms with Crippen LogP contribution in [0.15, 0.2) is 24.3 Å². The maximum absolute atomic E-state index is 12.6. The van der Waals surface area contributed by atoms with Crippen LogP contribution in [-0.4, -0.2) is 55.0 Å². The van der Waals surface area contributed by atoms with E-state index in [0.29, 0.717) is 5.91 Å². The van der Waals surface area contributed by atoms with Gasteiger partial charge in [0.25, 0.3) is 0 Å². The van der Waals surface area contributed by atoms with E-state index in [-0.39, 0.29) is 5.92 Å². The van der Waals surface area contributed by atoms with Gasteiger partial charge in [-0.2, -0.15) is 0 Å². The van der Waals surface area contributed by atoms with Crippen LogP contribution >= 0.6 is 0 Å². The topological polar surface area (TPSA) is 35.6 Å². The molecule has 3 rings (SSSR count). The average Bonchev–Trinajstić information content (AvgIpc) is 2.54. The molecule has 108 valence electrons.